The van der Waals surface area contributed by atoms with Gasteiger partial charge in [0.05, 0.1) is 10.6 Å². The fourth-order valence-corrected chi connectivity index (χ4v) is 2.49. The highest BCUT2D eigenvalue weighted by molar-refractivity contribution is 6.33. The molecule has 0 fully saturated rings. The maximum atomic E-state index is 12.2. The van der Waals surface area contributed by atoms with E-state index in [1.54, 1.807) is 18.2 Å². The van der Waals surface area contributed by atoms with Crippen LogP contribution in [0.1, 0.15) is 34.6 Å². The molecule has 0 aliphatic carbocycles. The van der Waals surface area contributed by atoms with E-state index >= 15 is 0 Å². The zero-order valence-electron chi connectivity index (χ0n) is 15.8. The smallest absolute Gasteiger partial charge is 0.329 e. The van der Waals surface area contributed by atoms with Crippen molar-refractivity contribution < 1.29 is 23.9 Å². The summed E-state index contributed by atoms with van der Waals surface area (Å²) in [6, 6.07) is 11.3. The first-order valence-electron chi connectivity index (χ1n) is 8.65. The van der Waals surface area contributed by atoms with Crippen LogP contribution >= 0.6 is 11.6 Å². The number of carbonyl (C=O) groups is 4. The third kappa shape index (κ3) is 6.05. The average Bonchev–Trinajstić information content (AvgIpc) is 2.68. The van der Waals surface area contributed by atoms with E-state index in [1.165, 1.54) is 44.2 Å². The third-order valence-corrected chi connectivity index (χ3v) is 4.25. The van der Waals surface area contributed by atoms with E-state index in [0.717, 1.165) is 0 Å². The van der Waals surface area contributed by atoms with Crippen LogP contribution in [0.2, 0.25) is 5.02 Å². The Morgan fingerprint density at radius 3 is 2.21 bits per heavy atom. The number of nitrogens with one attached hydrogen (secondary N) is 2. The molecule has 2 unspecified atom stereocenters. The molecular formula is C20H20ClN3O5. The molecule has 0 aliphatic rings. The van der Waals surface area contributed by atoms with Gasteiger partial charge in [0, 0.05) is 11.3 Å². The van der Waals surface area contributed by atoms with Gasteiger partial charge in [0.2, 0.25) is 5.91 Å². The van der Waals surface area contributed by atoms with Crippen LogP contribution in [0.3, 0.4) is 0 Å². The van der Waals surface area contributed by atoms with Crippen molar-refractivity contribution in [3.8, 4) is 0 Å². The standard InChI is InChI=1S/C20H20ClN3O5/c1-11(23-19(27)15-5-3-4-6-16(15)21)20(28)29-12(2)18(26)24-14-9-7-13(8-10-14)17(22)25/h3-12H,1-2H3,(H2,22,25)(H,23,27)(H,24,26). The highest BCUT2D eigenvalue weighted by Crippen LogP contribution is 2.15. The number of rotatable bonds is 7. The molecule has 0 aromatic heterocycles. The van der Waals surface area contributed by atoms with Crippen molar-refractivity contribution in [3.05, 3.63) is 64.7 Å². The summed E-state index contributed by atoms with van der Waals surface area (Å²) in [7, 11) is 0. The van der Waals surface area contributed by atoms with Crippen molar-refractivity contribution in [2.45, 2.75) is 26.0 Å². The normalized spacial score (nSPS) is 12.4. The lowest BCUT2D eigenvalue weighted by Gasteiger charge is -2.18. The van der Waals surface area contributed by atoms with Gasteiger partial charge in [-0.3, -0.25) is 14.4 Å². The summed E-state index contributed by atoms with van der Waals surface area (Å²) < 4.78 is 5.10. The maximum Gasteiger partial charge on any atom is 0.329 e. The van der Waals surface area contributed by atoms with Crippen LogP contribution in [-0.2, 0) is 14.3 Å². The topological polar surface area (TPSA) is 128 Å². The van der Waals surface area contributed by atoms with Crippen LogP contribution in [0.25, 0.3) is 0 Å². The lowest BCUT2D eigenvalue weighted by Crippen LogP contribution is -2.42. The SMILES string of the molecule is CC(NC(=O)c1ccccc1Cl)C(=O)OC(C)C(=O)Nc1ccc(C(N)=O)cc1. The molecule has 2 atom stereocenters. The van der Waals surface area contributed by atoms with Crippen molar-refractivity contribution in [2.75, 3.05) is 5.32 Å². The molecule has 0 aliphatic heterocycles. The lowest BCUT2D eigenvalue weighted by atomic mass is 10.2. The summed E-state index contributed by atoms with van der Waals surface area (Å²) in [4.78, 5) is 47.6. The predicted octanol–water partition coefficient (Wildman–Crippen LogP) is 2.13. The summed E-state index contributed by atoms with van der Waals surface area (Å²) in [6.45, 7) is 2.83. The fraction of sp³-hybridized carbons (Fsp3) is 0.200. The van der Waals surface area contributed by atoms with Crippen LogP contribution in [0, 0.1) is 0 Å². The summed E-state index contributed by atoms with van der Waals surface area (Å²) in [5, 5.41) is 5.28. The van der Waals surface area contributed by atoms with Crippen molar-refractivity contribution >= 4 is 41.0 Å². The van der Waals surface area contributed by atoms with E-state index < -0.39 is 35.8 Å². The van der Waals surface area contributed by atoms with Crippen molar-refractivity contribution in [1.82, 2.24) is 5.32 Å². The lowest BCUT2D eigenvalue weighted by molar-refractivity contribution is -0.154. The van der Waals surface area contributed by atoms with E-state index in [0.29, 0.717) is 11.3 Å². The molecule has 4 N–H and O–H groups in total. The van der Waals surface area contributed by atoms with E-state index in [2.05, 4.69) is 10.6 Å². The number of halogens is 1. The summed E-state index contributed by atoms with van der Waals surface area (Å²) in [6.07, 6.45) is -1.11. The predicted molar refractivity (Wildman–Crippen MR) is 108 cm³/mol. The molecule has 8 nitrogen and oxygen atoms in total. The Bertz CT molecular complexity index is 930. The molecule has 152 valence electrons. The molecule has 0 spiro atoms. The van der Waals surface area contributed by atoms with E-state index in [-0.39, 0.29) is 10.6 Å². The van der Waals surface area contributed by atoms with E-state index in [9.17, 15) is 19.2 Å². The molecule has 2 aromatic rings. The van der Waals surface area contributed by atoms with Gasteiger partial charge in [-0.1, -0.05) is 23.7 Å². The van der Waals surface area contributed by atoms with E-state index in [4.69, 9.17) is 22.1 Å². The van der Waals surface area contributed by atoms with Crippen LogP contribution in [-0.4, -0.2) is 35.8 Å². The Kier molecular flexibility index (Phi) is 7.33. The fourth-order valence-electron chi connectivity index (χ4n) is 2.27. The zero-order chi connectivity index (χ0) is 21.6. The van der Waals surface area contributed by atoms with Crippen molar-refractivity contribution in [1.29, 1.82) is 0 Å². The zero-order valence-corrected chi connectivity index (χ0v) is 16.5. The van der Waals surface area contributed by atoms with Crippen LogP contribution in [0.5, 0.6) is 0 Å². The van der Waals surface area contributed by atoms with Gasteiger partial charge in [0.15, 0.2) is 6.10 Å². The second kappa shape index (κ2) is 9.70. The van der Waals surface area contributed by atoms with Crippen molar-refractivity contribution in [3.63, 3.8) is 0 Å². The Morgan fingerprint density at radius 1 is 1.00 bits per heavy atom. The van der Waals surface area contributed by atoms with Gasteiger partial charge >= 0.3 is 5.97 Å². The molecular weight excluding hydrogens is 398 g/mol. The van der Waals surface area contributed by atoms with Crippen LogP contribution < -0.4 is 16.4 Å². The number of esters is 1. The molecule has 9 heteroatoms. The number of hydrogen-bond acceptors (Lipinski definition) is 5. The minimum atomic E-state index is -1.11. The Balaban J connectivity index is 1.89. The molecule has 3 amide bonds. The van der Waals surface area contributed by atoms with Gasteiger partial charge < -0.3 is 21.1 Å². The average molecular weight is 418 g/mol. The van der Waals surface area contributed by atoms with Gasteiger partial charge in [0.1, 0.15) is 6.04 Å². The highest BCUT2D eigenvalue weighted by atomic mass is 35.5. The minimum Gasteiger partial charge on any atom is -0.451 e. The monoisotopic (exact) mass is 417 g/mol. The Labute approximate surface area is 172 Å². The number of ether oxygens (including phenoxy) is 1. The van der Waals surface area contributed by atoms with Gasteiger partial charge in [-0.15, -0.1) is 0 Å². The summed E-state index contributed by atoms with van der Waals surface area (Å²) in [5.74, 6) is -2.48. The quantitative estimate of drug-likeness (QED) is 0.594. The van der Waals surface area contributed by atoms with Gasteiger partial charge in [-0.2, -0.15) is 0 Å². The molecule has 2 aromatic carbocycles. The second-order valence-corrected chi connectivity index (χ2v) is 6.59. The number of anilines is 1. The highest BCUT2D eigenvalue weighted by Gasteiger charge is 2.24. The first-order valence-corrected chi connectivity index (χ1v) is 9.03. The number of benzene rings is 2. The molecule has 0 bridgehead atoms. The number of primary amides is 1. The Morgan fingerprint density at radius 2 is 1.62 bits per heavy atom. The van der Waals surface area contributed by atoms with Crippen LogP contribution in [0.15, 0.2) is 48.5 Å². The molecule has 29 heavy (non-hydrogen) atoms. The maximum absolute atomic E-state index is 12.2. The van der Waals surface area contributed by atoms with Gasteiger partial charge in [-0.05, 0) is 50.2 Å². The molecule has 2 rings (SSSR count). The summed E-state index contributed by atoms with van der Waals surface area (Å²) >= 11 is 5.96. The first-order chi connectivity index (χ1) is 13.7. The molecule has 0 heterocycles. The largest absolute Gasteiger partial charge is 0.451 e. The van der Waals surface area contributed by atoms with Crippen LogP contribution in [0.4, 0.5) is 5.69 Å². The van der Waals surface area contributed by atoms with Gasteiger partial charge in [-0.25, -0.2) is 4.79 Å². The molecule has 0 saturated carbocycles. The number of hydrogen-bond donors (Lipinski definition) is 3. The summed E-state index contributed by atoms with van der Waals surface area (Å²) in [5.41, 5.74) is 6.08. The molecule has 0 saturated heterocycles. The minimum absolute atomic E-state index is 0.221. The first kappa shape index (κ1) is 21.9. The molecule has 0 radical (unpaired) electrons. The number of carbonyl (C=O) groups excluding carboxylic acids is 4. The second-order valence-electron chi connectivity index (χ2n) is 6.18. The van der Waals surface area contributed by atoms with Gasteiger partial charge in [0.25, 0.3) is 11.8 Å². The third-order valence-electron chi connectivity index (χ3n) is 3.92. The van der Waals surface area contributed by atoms with E-state index in [1.807, 2.05) is 0 Å². The Hall–Kier alpha value is -3.39. The number of nitrogens with two attached hydrogens (primary N) is 1. The number of amides is 3. The van der Waals surface area contributed by atoms with Crippen molar-refractivity contribution in [2.24, 2.45) is 5.73 Å².